The summed E-state index contributed by atoms with van der Waals surface area (Å²) >= 11 is 0. The molecule has 0 aliphatic rings. The molecule has 19 heteroatoms. The van der Waals surface area contributed by atoms with E-state index in [2.05, 4.69) is 143 Å². The molecule has 0 spiro atoms. The number of carbonyl (C=O) groups is 4. The largest absolute Gasteiger partial charge is 0.472 e. The van der Waals surface area contributed by atoms with Gasteiger partial charge in [-0.15, -0.1) is 0 Å². The number of carbonyl (C=O) groups excluding carboxylic acids is 4. The summed E-state index contributed by atoms with van der Waals surface area (Å²) in [5.74, 6) is -2.30. The summed E-state index contributed by atoms with van der Waals surface area (Å²) in [5.41, 5.74) is 0. The van der Waals surface area contributed by atoms with E-state index in [0.29, 0.717) is 32.1 Å². The highest BCUT2D eigenvalue weighted by Gasteiger charge is 2.30. The zero-order valence-corrected chi connectivity index (χ0v) is 65.5. The van der Waals surface area contributed by atoms with Crippen molar-refractivity contribution in [1.82, 2.24) is 0 Å². The lowest BCUT2D eigenvalue weighted by atomic mass is 10.0. The topological polar surface area (TPSA) is 237 Å². The molecule has 102 heavy (non-hydrogen) atoms. The number of phosphoric ester groups is 2. The number of unbranched alkanes of at least 4 members (excludes halogenated alkanes) is 25. The first-order valence-corrected chi connectivity index (χ1v) is 42.4. The fraction of sp³-hybridized carbons (Fsp3) is 0.687. The van der Waals surface area contributed by atoms with Crippen LogP contribution in [0.25, 0.3) is 0 Å². The molecular formula is C83H140O17P2. The van der Waals surface area contributed by atoms with E-state index in [4.69, 9.17) is 37.0 Å². The van der Waals surface area contributed by atoms with Crippen LogP contribution in [0.2, 0.25) is 0 Å². The average molecular weight is 1470 g/mol. The standard InChI is InChI=1S/C83H140O17P2/c1-5-9-13-17-21-25-29-32-35-37-38-40-43-45-49-52-56-60-64-68-80(85)93-73-78(99-82(87)69-65-61-57-53-47-28-24-20-16-12-8-4)75-97-101(89,90)95-71-77(84)72-96-102(91,92)98-76-79(100-83(88)70-66-62-58-54-50-46-41-34-31-27-23-19-15-11-7-3)74-94-81(86)67-63-59-55-51-48-44-42-39-36-33-30-26-22-18-14-10-6-2/h9-10,13-14,20-22,24-26,32-33,35-36,38,40,42,44-45,49,56,60,77-79,84H,5-8,11-12,15-19,23,27-31,34,37,39,41,43,46-48,50-55,57-59,61-76H2,1-4H3,(H,89,90)(H,91,92)/b13-9-,14-10-,24-20-,25-21-,26-22-,35-32-,36-33-,40-38-,44-42-,49-45-,60-56-. The molecule has 0 aliphatic heterocycles. The van der Waals surface area contributed by atoms with Crippen LogP contribution in [-0.2, 0) is 65.4 Å². The van der Waals surface area contributed by atoms with Crippen LogP contribution in [-0.4, -0.2) is 96.7 Å². The van der Waals surface area contributed by atoms with Gasteiger partial charge in [0.05, 0.1) is 26.4 Å². The van der Waals surface area contributed by atoms with E-state index in [1.54, 1.807) is 0 Å². The van der Waals surface area contributed by atoms with Crippen molar-refractivity contribution in [2.45, 2.75) is 329 Å². The van der Waals surface area contributed by atoms with E-state index < -0.39 is 97.5 Å². The number of allylic oxidation sites excluding steroid dienone is 22. The molecule has 3 N–H and O–H groups in total. The number of hydrogen-bond donors (Lipinski definition) is 3. The highest BCUT2D eigenvalue weighted by molar-refractivity contribution is 7.47. The Bertz CT molecular complexity index is 2460. The third kappa shape index (κ3) is 73.5. The van der Waals surface area contributed by atoms with Crippen LogP contribution in [0.15, 0.2) is 134 Å². The van der Waals surface area contributed by atoms with Gasteiger partial charge < -0.3 is 33.8 Å². The zero-order chi connectivity index (χ0) is 74.6. The van der Waals surface area contributed by atoms with Crippen molar-refractivity contribution in [3.8, 4) is 0 Å². The summed E-state index contributed by atoms with van der Waals surface area (Å²) in [6, 6.07) is 0. The van der Waals surface area contributed by atoms with Crippen molar-refractivity contribution in [2.75, 3.05) is 39.6 Å². The smallest absolute Gasteiger partial charge is 0.462 e. The van der Waals surface area contributed by atoms with Crippen molar-refractivity contribution in [3.63, 3.8) is 0 Å². The maximum Gasteiger partial charge on any atom is 0.472 e. The summed E-state index contributed by atoms with van der Waals surface area (Å²) in [6.45, 7) is 4.50. The Balaban J connectivity index is 5.40. The predicted molar refractivity (Wildman–Crippen MR) is 418 cm³/mol. The van der Waals surface area contributed by atoms with Gasteiger partial charge in [-0.05, 0) is 122 Å². The first kappa shape index (κ1) is 97.2. The fourth-order valence-corrected chi connectivity index (χ4v) is 11.7. The van der Waals surface area contributed by atoms with E-state index in [1.165, 1.54) is 77.0 Å². The molecule has 0 heterocycles. The van der Waals surface area contributed by atoms with Crippen LogP contribution in [0.1, 0.15) is 310 Å². The molecule has 0 bridgehead atoms. The summed E-state index contributed by atoms with van der Waals surface area (Å²) in [7, 11) is -9.98. The summed E-state index contributed by atoms with van der Waals surface area (Å²) in [6.07, 6.45) is 83.1. The molecule has 0 fully saturated rings. The second kappa shape index (κ2) is 74.5. The molecule has 0 aliphatic carbocycles. The molecular weight excluding hydrogens is 1330 g/mol. The van der Waals surface area contributed by atoms with E-state index in [9.17, 15) is 43.2 Å². The van der Waals surface area contributed by atoms with Crippen LogP contribution in [0, 0.1) is 0 Å². The van der Waals surface area contributed by atoms with Gasteiger partial charge in [-0.2, -0.15) is 0 Å². The third-order valence-corrected chi connectivity index (χ3v) is 18.0. The van der Waals surface area contributed by atoms with Crippen LogP contribution < -0.4 is 0 Å². The van der Waals surface area contributed by atoms with Crippen molar-refractivity contribution < 1.29 is 80.2 Å². The molecule has 0 radical (unpaired) electrons. The van der Waals surface area contributed by atoms with Gasteiger partial charge in [0.1, 0.15) is 19.3 Å². The number of rotatable bonds is 73. The number of hydrogen-bond acceptors (Lipinski definition) is 15. The number of aliphatic hydroxyl groups is 1. The summed E-state index contributed by atoms with van der Waals surface area (Å²) in [5, 5.41) is 10.6. The molecule has 0 aromatic carbocycles. The summed E-state index contributed by atoms with van der Waals surface area (Å²) in [4.78, 5) is 72.9. The van der Waals surface area contributed by atoms with Crippen LogP contribution in [0.4, 0.5) is 0 Å². The number of phosphoric acid groups is 2. The number of aliphatic hydroxyl groups excluding tert-OH is 1. The fourth-order valence-electron chi connectivity index (χ4n) is 10.2. The van der Waals surface area contributed by atoms with Gasteiger partial charge in [0.15, 0.2) is 12.2 Å². The van der Waals surface area contributed by atoms with Gasteiger partial charge in [0.25, 0.3) is 0 Å². The highest BCUT2D eigenvalue weighted by atomic mass is 31.2. The quantitative estimate of drug-likeness (QED) is 0.0169. The first-order valence-electron chi connectivity index (χ1n) is 39.4. The lowest BCUT2D eigenvalue weighted by Gasteiger charge is -2.21. The van der Waals surface area contributed by atoms with Crippen LogP contribution >= 0.6 is 15.6 Å². The Hall–Kier alpha value is -4.80. The normalized spacial score (nSPS) is 14.6. The minimum absolute atomic E-state index is 0.0320. The lowest BCUT2D eigenvalue weighted by Crippen LogP contribution is -2.30. The molecule has 0 aromatic heterocycles. The SMILES string of the molecule is CC/C=C\C/C=C\C/C=C\C/C=C\C/C=C\C/C=C\CCC(=O)OCC(COP(=O)(O)OCC(O)COP(=O)(O)OCC(COC(=O)CCCCCC/C=C\C/C=C\C/C=C\C/C=C\CC)OC(=O)CCCCCCCCCCCCCCCCC)OC(=O)CCCCCCC/C=C\CCCC. The Kier molecular flexibility index (Phi) is 71.0. The van der Waals surface area contributed by atoms with Gasteiger partial charge in [-0.3, -0.25) is 37.3 Å². The molecule has 0 saturated heterocycles. The molecule has 0 aromatic rings. The van der Waals surface area contributed by atoms with Gasteiger partial charge in [-0.1, -0.05) is 296 Å². The minimum atomic E-state index is -4.99. The molecule has 0 saturated carbocycles. The van der Waals surface area contributed by atoms with Crippen molar-refractivity contribution >= 4 is 39.5 Å². The van der Waals surface area contributed by atoms with Crippen LogP contribution in [0.5, 0.6) is 0 Å². The second-order valence-corrected chi connectivity index (χ2v) is 28.8. The molecule has 584 valence electrons. The highest BCUT2D eigenvalue weighted by Crippen LogP contribution is 2.45. The maximum absolute atomic E-state index is 13.1. The lowest BCUT2D eigenvalue weighted by molar-refractivity contribution is -0.161. The van der Waals surface area contributed by atoms with Gasteiger partial charge in [0, 0.05) is 25.7 Å². The van der Waals surface area contributed by atoms with E-state index >= 15 is 0 Å². The van der Waals surface area contributed by atoms with Crippen molar-refractivity contribution in [2.24, 2.45) is 0 Å². The second-order valence-electron chi connectivity index (χ2n) is 25.9. The molecule has 0 rings (SSSR count). The zero-order valence-electron chi connectivity index (χ0n) is 63.7. The van der Waals surface area contributed by atoms with E-state index in [1.807, 2.05) is 18.2 Å². The predicted octanol–water partition coefficient (Wildman–Crippen LogP) is 22.9. The Morgan fingerprint density at radius 3 is 0.882 bits per heavy atom. The Morgan fingerprint density at radius 2 is 0.539 bits per heavy atom. The van der Waals surface area contributed by atoms with E-state index in [0.717, 1.165) is 148 Å². The van der Waals surface area contributed by atoms with Gasteiger partial charge >= 0.3 is 39.5 Å². The monoisotopic (exact) mass is 1470 g/mol. The first-order chi connectivity index (χ1) is 49.7. The molecule has 17 nitrogen and oxygen atoms in total. The molecule has 5 atom stereocenters. The van der Waals surface area contributed by atoms with Gasteiger partial charge in [-0.25, -0.2) is 9.13 Å². The van der Waals surface area contributed by atoms with E-state index in [-0.39, 0.29) is 25.7 Å². The Morgan fingerprint density at radius 1 is 0.284 bits per heavy atom. The number of esters is 4. The van der Waals surface area contributed by atoms with Crippen LogP contribution in [0.3, 0.4) is 0 Å². The van der Waals surface area contributed by atoms with Crippen molar-refractivity contribution in [3.05, 3.63) is 134 Å². The minimum Gasteiger partial charge on any atom is -0.462 e. The average Bonchev–Trinajstić information content (AvgIpc) is 0.926. The number of ether oxygens (including phenoxy) is 4. The van der Waals surface area contributed by atoms with Crippen molar-refractivity contribution in [1.29, 1.82) is 0 Å². The summed E-state index contributed by atoms with van der Waals surface area (Å²) < 4.78 is 68.4. The van der Waals surface area contributed by atoms with Gasteiger partial charge in [0.2, 0.25) is 0 Å². The molecule has 5 unspecified atom stereocenters. The maximum atomic E-state index is 13.1. The third-order valence-electron chi connectivity index (χ3n) is 16.1. The Labute approximate surface area is 618 Å². The molecule has 0 amide bonds.